The summed E-state index contributed by atoms with van der Waals surface area (Å²) in [7, 11) is 4.04. The highest BCUT2D eigenvalue weighted by Gasteiger charge is 2.15. The Labute approximate surface area is 123 Å². The summed E-state index contributed by atoms with van der Waals surface area (Å²) < 4.78 is 3.10. The summed E-state index contributed by atoms with van der Waals surface area (Å²) in [6, 6.07) is 6.53. The van der Waals surface area contributed by atoms with Gasteiger partial charge in [0.15, 0.2) is 0 Å². The van der Waals surface area contributed by atoms with E-state index in [-0.39, 0.29) is 0 Å². The van der Waals surface area contributed by atoms with E-state index in [1.807, 2.05) is 7.05 Å². The van der Waals surface area contributed by atoms with Gasteiger partial charge in [-0.1, -0.05) is 23.8 Å². The molecule has 2 aromatic rings. The van der Waals surface area contributed by atoms with E-state index in [2.05, 4.69) is 69.9 Å². The monoisotopic (exact) mass is 321 g/mol. The molecule has 102 valence electrons. The zero-order valence-electron chi connectivity index (χ0n) is 11.9. The molecule has 1 heterocycles. The highest BCUT2D eigenvalue weighted by atomic mass is 79.9. The van der Waals surface area contributed by atoms with Crippen molar-refractivity contribution in [2.45, 2.75) is 20.3 Å². The lowest BCUT2D eigenvalue weighted by Gasteiger charge is -2.10. The second kappa shape index (κ2) is 5.88. The van der Waals surface area contributed by atoms with Crippen LogP contribution < -0.4 is 5.32 Å². The van der Waals surface area contributed by atoms with Crippen molar-refractivity contribution < 1.29 is 0 Å². The third-order valence-corrected chi connectivity index (χ3v) is 3.93. The van der Waals surface area contributed by atoms with Crippen molar-refractivity contribution in [1.29, 1.82) is 0 Å². The van der Waals surface area contributed by atoms with E-state index in [1.54, 1.807) is 0 Å². The van der Waals surface area contributed by atoms with Gasteiger partial charge in [-0.25, -0.2) is 4.98 Å². The van der Waals surface area contributed by atoms with E-state index < -0.39 is 0 Å². The summed E-state index contributed by atoms with van der Waals surface area (Å²) in [5, 5.41) is 3.16. The van der Waals surface area contributed by atoms with Crippen molar-refractivity contribution in [3.8, 4) is 11.3 Å². The minimum absolute atomic E-state index is 0.924. The van der Waals surface area contributed by atoms with Gasteiger partial charge < -0.3 is 9.88 Å². The van der Waals surface area contributed by atoms with Gasteiger partial charge in [0.1, 0.15) is 10.4 Å². The number of benzene rings is 1. The van der Waals surface area contributed by atoms with Crippen LogP contribution >= 0.6 is 15.9 Å². The zero-order valence-corrected chi connectivity index (χ0v) is 13.5. The van der Waals surface area contributed by atoms with Gasteiger partial charge in [-0.05, 0) is 42.4 Å². The first kappa shape index (κ1) is 14.3. The van der Waals surface area contributed by atoms with Gasteiger partial charge in [0.05, 0.1) is 5.69 Å². The molecular weight excluding hydrogens is 302 g/mol. The third-order valence-electron chi connectivity index (χ3n) is 3.38. The molecule has 19 heavy (non-hydrogen) atoms. The fourth-order valence-electron chi connectivity index (χ4n) is 2.34. The lowest BCUT2D eigenvalue weighted by atomic mass is 10.0. The summed E-state index contributed by atoms with van der Waals surface area (Å²) in [6.07, 6.45) is 0.927. The number of nitrogens with zero attached hydrogens (tertiary/aromatic N) is 2. The summed E-state index contributed by atoms with van der Waals surface area (Å²) in [4.78, 5) is 4.63. The summed E-state index contributed by atoms with van der Waals surface area (Å²) in [6.45, 7) is 5.20. The SMILES string of the molecule is CNCCc1nc(Br)c(-c2ccc(C)cc2C)n1C. The first-order valence-electron chi connectivity index (χ1n) is 6.48. The number of aryl methyl sites for hydroxylation is 2. The predicted octanol–water partition coefficient (Wildman–Crippen LogP) is 3.23. The molecule has 2 rings (SSSR count). The van der Waals surface area contributed by atoms with Crippen LogP contribution in [0.5, 0.6) is 0 Å². The van der Waals surface area contributed by atoms with Crippen LogP contribution in [0.15, 0.2) is 22.8 Å². The van der Waals surface area contributed by atoms with E-state index in [9.17, 15) is 0 Å². The predicted molar refractivity (Wildman–Crippen MR) is 83.4 cm³/mol. The zero-order chi connectivity index (χ0) is 14.0. The van der Waals surface area contributed by atoms with Gasteiger partial charge in [0, 0.05) is 25.6 Å². The highest BCUT2D eigenvalue weighted by molar-refractivity contribution is 9.10. The number of aromatic nitrogens is 2. The fourth-order valence-corrected chi connectivity index (χ4v) is 3.02. The van der Waals surface area contributed by atoms with Gasteiger partial charge in [-0.2, -0.15) is 0 Å². The number of hydrogen-bond acceptors (Lipinski definition) is 2. The van der Waals surface area contributed by atoms with Gasteiger partial charge >= 0.3 is 0 Å². The normalized spacial score (nSPS) is 11.0. The minimum atomic E-state index is 0.924. The Morgan fingerprint density at radius 1 is 1.32 bits per heavy atom. The fraction of sp³-hybridized carbons (Fsp3) is 0.400. The lowest BCUT2D eigenvalue weighted by Crippen LogP contribution is -2.13. The first-order chi connectivity index (χ1) is 9.04. The van der Waals surface area contributed by atoms with E-state index in [0.717, 1.165) is 29.1 Å². The second-order valence-electron chi connectivity index (χ2n) is 4.90. The molecule has 0 atom stereocenters. The molecular formula is C15H20BrN3. The molecule has 0 unspecified atom stereocenters. The van der Waals surface area contributed by atoms with Crippen LogP contribution in [0.4, 0.5) is 0 Å². The number of hydrogen-bond donors (Lipinski definition) is 1. The Morgan fingerprint density at radius 3 is 2.68 bits per heavy atom. The molecule has 0 aliphatic heterocycles. The maximum Gasteiger partial charge on any atom is 0.132 e. The second-order valence-corrected chi connectivity index (χ2v) is 5.65. The Kier molecular flexibility index (Phi) is 4.42. The standard InChI is InChI=1S/C15H20BrN3/c1-10-5-6-12(11(2)9-10)14-15(16)18-13(19(14)4)7-8-17-3/h5-6,9,17H,7-8H2,1-4H3. The lowest BCUT2D eigenvalue weighted by molar-refractivity contribution is 0.720. The Bertz CT molecular complexity index is 587. The first-order valence-corrected chi connectivity index (χ1v) is 7.27. The molecule has 0 aliphatic rings. The van der Waals surface area contributed by atoms with Crippen molar-refractivity contribution in [2.75, 3.05) is 13.6 Å². The number of rotatable bonds is 4. The van der Waals surface area contributed by atoms with Crippen molar-refractivity contribution in [2.24, 2.45) is 7.05 Å². The maximum absolute atomic E-state index is 4.63. The average molecular weight is 322 g/mol. The number of imidazole rings is 1. The van der Waals surface area contributed by atoms with Crippen LogP contribution in [0.1, 0.15) is 17.0 Å². The number of nitrogens with one attached hydrogen (secondary N) is 1. The van der Waals surface area contributed by atoms with Gasteiger partial charge in [0.25, 0.3) is 0 Å². The molecule has 1 aromatic heterocycles. The average Bonchev–Trinajstić information content (AvgIpc) is 2.63. The molecule has 0 bridgehead atoms. The van der Waals surface area contributed by atoms with Crippen LogP contribution in [0, 0.1) is 13.8 Å². The molecule has 0 aliphatic carbocycles. The van der Waals surface area contributed by atoms with Crippen LogP contribution in [0.2, 0.25) is 0 Å². The van der Waals surface area contributed by atoms with E-state index in [1.165, 1.54) is 16.7 Å². The largest absolute Gasteiger partial charge is 0.330 e. The topological polar surface area (TPSA) is 29.9 Å². The molecule has 3 nitrogen and oxygen atoms in total. The Hall–Kier alpha value is -1.13. The summed E-state index contributed by atoms with van der Waals surface area (Å²) >= 11 is 3.60. The van der Waals surface area contributed by atoms with E-state index in [0.29, 0.717) is 0 Å². The molecule has 0 amide bonds. The van der Waals surface area contributed by atoms with Crippen molar-refractivity contribution in [3.63, 3.8) is 0 Å². The Morgan fingerprint density at radius 2 is 2.05 bits per heavy atom. The van der Waals surface area contributed by atoms with E-state index >= 15 is 0 Å². The molecule has 4 heteroatoms. The van der Waals surface area contributed by atoms with Crippen molar-refractivity contribution in [3.05, 3.63) is 39.8 Å². The van der Waals surface area contributed by atoms with Crippen LogP contribution in [0.25, 0.3) is 11.3 Å². The molecule has 1 N–H and O–H groups in total. The molecule has 0 saturated heterocycles. The smallest absolute Gasteiger partial charge is 0.132 e. The van der Waals surface area contributed by atoms with Gasteiger partial charge in [-0.15, -0.1) is 0 Å². The molecule has 0 spiro atoms. The minimum Gasteiger partial charge on any atom is -0.330 e. The maximum atomic E-state index is 4.63. The van der Waals surface area contributed by atoms with Crippen LogP contribution in [-0.2, 0) is 13.5 Å². The quantitative estimate of drug-likeness (QED) is 0.937. The van der Waals surface area contributed by atoms with Gasteiger partial charge in [-0.3, -0.25) is 0 Å². The third kappa shape index (κ3) is 2.90. The molecule has 1 aromatic carbocycles. The molecule has 0 radical (unpaired) electrons. The Balaban J connectivity index is 2.47. The summed E-state index contributed by atoms with van der Waals surface area (Å²) in [5.41, 5.74) is 4.96. The van der Waals surface area contributed by atoms with Crippen LogP contribution in [0.3, 0.4) is 0 Å². The number of likely N-dealkylation sites (N-methyl/N-ethyl adjacent to an activating group) is 1. The highest BCUT2D eigenvalue weighted by Crippen LogP contribution is 2.31. The van der Waals surface area contributed by atoms with Crippen molar-refractivity contribution in [1.82, 2.24) is 14.9 Å². The van der Waals surface area contributed by atoms with Crippen LogP contribution in [-0.4, -0.2) is 23.1 Å². The molecule has 0 fully saturated rings. The number of halogens is 1. The van der Waals surface area contributed by atoms with E-state index in [4.69, 9.17) is 0 Å². The molecule has 0 saturated carbocycles. The van der Waals surface area contributed by atoms with Gasteiger partial charge in [0.2, 0.25) is 0 Å². The van der Waals surface area contributed by atoms with Crippen molar-refractivity contribution >= 4 is 15.9 Å². The summed E-state index contributed by atoms with van der Waals surface area (Å²) in [5.74, 6) is 1.09.